The van der Waals surface area contributed by atoms with E-state index in [-0.39, 0.29) is 0 Å². The summed E-state index contributed by atoms with van der Waals surface area (Å²) in [5, 5.41) is 0. The zero-order chi connectivity index (χ0) is 12.2. The molecule has 0 radical (unpaired) electrons. The summed E-state index contributed by atoms with van der Waals surface area (Å²) in [7, 11) is 2.27. The zero-order valence-electron chi connectivity index (χ0n) is 11.6. The Kier molecular flexibility index (Phi) is 5.26. The second kappa shape index (κ2) is 6.02. The minimum absolute atomic E-state index is 0.315. The van der Waals surface area contributed by atoms with Crippen molar-refractivity contribution in [2.45, 2.75) is 58.4 Å². The largest absolute Gasteiger partial charge is 0.329 e. The summed E-state index contributed by atoms with van der Waals surface area (Å²) in [5.41, 5.74) is 6.37. The van der Waals surface area contributed by atoms with Crippen LogP contribution in [0.3, 0.4) is 0 Å². The Morgan fingerprint density at radius 3 is 2.56 bits per heavy atom. The lowest BCUT2D eigenvalue weighted by molar-refractivity contribution is 0.120. The van der Waals surface area contributed by atoms with Crippen LogP contribution in [0.25, 0.3) is 0 Å². The highest BCUT2D eigenvalue weighted by molar-refractivity contribution is 4.97. The first-order chi connectivity index (χ1) is 7.54. The smallest absolute Gasteiger partial charge is 0.0331 e. The maximum atomic E-state index is 6.05. The van der Waals surface area contributed by atoms with Gasteiger partial charge in [0.25, 0.3) is 0 Å². The van der Waals surface area contributed by atoms with Crippen LogP contribution in [0.2, 0.25) is 0 Å². The van der Waals surface area contributed by atoms with Gasteiger partial charge in [-0.05, 0) is 51.1 Å². The quantitative estimate of drug-likeness (QED) is 0.754. The lowest BCUT2D eigenvalue weighted by Crippen LogP contribution is -2.50. The number of hydrogen-bond donors (Lipinski definition) is 1. The number of nitrogens with two attached hydrogens (primary N) is 1. The summed E-state index contributed by atoms with van der Waals surface area (Å²) >= 11 is 0. The summed E-state index contributed by atoms with van der Waals surface area (Å²) in [6, 6.07) is 0. The Morgan fingerprint density at radius 1 is 1.44 bits per heavy atom. The molecular weight excluding hydrogens is 196 g/mol. The van der Waals surface area contributed by atoms with Crippen LogP contribution >= 0.6 is 0 Å². The van der Waals surface area contributed by atoms with Crippen molar-refractivity contribution in [3.8, 4) is 0 Å². The van der Waals surface area contributed by atoms with E-state index in [1.165, 1.54) is 38.6 Å². The topological polar surface area (TPSA) is 29.3 Å². The van der Waals surface area contributed by atoms with E-state index in [0.29, 0.717) is 5.54 Å². The van der Waals surface area contributed by atoms with Crippen LogP contribution in [-0.4, -0.2) is 30.6 Å². The summed E-state index contributed by atoms with van der Waals surface area (Å²) in [6.07, 6.45) is 6.60. The van der Waals surface area contributed by atoms with Crippen molar-refractivity contribution in [2.75, 3.05) is 20.1 Å². The molecule has 0 bridgehead atoms. The molecule has 1 aliphatic rings. The van der Waals surface area contributed by atoms with Gasteiger partial charge in [0, 0.05) is 12.1 Å². The van der Waals surface area contributed by atoms with Crippen molar-refractivity contribution in [3.63, 3.8) is 0 Å². The molecular formula is C14H30N2. The minimum atomic E-state index is 0.315. The van der Waals surface area contributed by atoms with E-state index < -0.39 is 0 Å². The van der Waals surface area contributed by atoms with Gasteiger partial charge in [-0.1, -0.05) is 27.2 Å². The van der Waals surface area contributed by atoms with Crippen LogP contribution < -0.4 is 5.73 Å². The Hall–Kier alpha value is -0.0800. The average Bonchev–Trinajstić information content (AvgIpc) is 2.70. The third kappa shape index (κ3) is 3.21. The van der Waals surface area contributed by atoms with Gasteiger partial charge in [-0.25, -0.2) is 0 Å². The highest BCUT2D eigenvalue weighted by atomic mass is 15.2. The van der Waals surface area contributed by atoms with Gasteiger partial charge >= 0.3 is 0 Å². The van der Waals surface area contributed by atoms with Gasteiger partial charge in [0.2, 0.25) is 0 Å². The maximum Gasteiger partial charge on any atom is 0.0331 e. The number of rotatable bonds is 6. The first kappa shape index (κ1) is 14.0. The SMILES string of the molecule is CCC1CCC(CN)(N(C)CCC(C)C)C1. The average molecular weight is 226 g/mol. The summed E-state index contributed by atoms with van der Waals surface area (Å²) < 4.78 is 0. The summed E-state index contributed by atoms with van der Waals surface area (Å²) in [4.78, 5) is 2.54. The molecule has 0 aliphatic heterocycles. The molecule has 0 spiro atoms. The molecule has 2 nitrogen and oxygen atoms in total. The minimum Gasteiger partial charge on any atom is -0.329 e. The highest BCUT2D eigenvalue weighted by Crippen LogP contribution is 2.39. The van der Waals surface area contributed by atoms with Gasteiger partial charge in [0.05, 0.1) is 0 Å². The van der Waals surface area contributed by atoms with Crippen LogP contribution in [0.15, 0.2) is 0 Å². The molecule has 2 unspecified atom stereocenters. The van der Waals surface area contributed by atoms with Crippen LogP contribution in [0.1, 0.15) is 52.9 Å². The monoisotopic (exact) mass is 226 g/mol. The van der Waals surface area contributed by atoms with Gasteiger partial charge in [-0.15, -0.1) is 0 Å². The van der Waals surface area contributed by atoms with Crippen molar-refractivity contribution in [3.05, 3.63) is 0 Å². The third-order valence-corrected chi connectivity index (χ3v) is 4.50. The predicted molar refractivity (Wildman–Crippen MR) is 71.5 cm³/mol. The van der Waals surface area contributed by atoms with Gasteiger partial charge in [-0.2, -0.15) is 0 Å². The van der Waals surface area contributed by atoms with Crippen molar-refractivity contribution >= 4 is 0 Å². The molecule has 1 aliphatic carbocycles. The van der Waals surface area contributed by atoms with E-state index in [4.69, 9.17) is 5.73 Å². The van der Waals surface area contributed by atoms with Crippen molar-refractivity contribution < 1.29 is 0 Å². The second-order valence-corrected chi connectivity index (χ2v) is 6.05. The second-order valence-electron chi connectivity index (χ2n) is 6.05. The maximum absolute atomic E-state index is 6.05. The molecule has 2 heteroatoms. The van der Waals surface area contributed by atoms with Crippen LogP contribution in [0.4, 0.5) is 0 Å². The zero-order valence-corrected chi connectivity index (χ0v) is 11.6. The van der Waals surface area contributed by atoms with Gasteiger partial charge < -0.3 is 5.73 Å². The van der Waals surface area contributed by atoms with Gasteiger partial charge in [0.1, 0.15) is 0 Å². The first-order valence-electron chi connectivity index (χ1n) is 6.95. The van der Waals surface area contributed by atoms with Crippen molar-refractivity contribution in [2.24, 2.45) is 17.6 Å². The molecule has 0 amide bonds. The molecule has 2 atom stereocenters. The molecule has 96 valence electrons. The fourth-order valence-corrected chi connectivity index (χ4v) is 2.94. The molecule has 0 aromatic heterocycles. The lowest BCUT2D eigenvalue weighted by atomic mass is 9.92. The number of nitrogens with zero attached hydrogens (tertiary/aromatic N) is 1. The third-order valence-electron chi connectivity index (χ3n) is 4.50. The van der Waals surface area contributed by atoms with Crippen LogP contribution in [-0.2, 0) is 0 Å². The Labute approximate surface area is 102 Å². The Bertz CT molecular complexity index is 203. The fourth-order valence-electron chi connectivity index (χ4n) is 2.94. The molecule has 0 heterocycles. The van der Waals surface area contributed by atoms with Crippen LogP contribution in [0.5, 0.6) is 0 Å². The van der Waals surface area contributed by atoms with Crippen molar-refractivity contribution in [1.29, 1.82) is 0 Å². The molecule has 1 fully saturated rings. The number of hydrogen-bond acceptors (Lipinski definition) is 2. The molecule has 0 saturated heterocycles. The highest BCUT2D eigenvalue weighted by Gasteiger charge is 2.40. The van der Waals surface area contributed by atoms with E-state index in [9.17, 15) is 0 Å². The van der Waals surface area contributed by atoms with E-state index in [1.807, 2.05) is 0 Å². The molecule has 2 N–H and O–H groups in total. The van der Waals surface area contributed by atoms with E-state index in [2.05, 4.69) is 32.7 Å². The van der Waals surface area contributed by atoms with E-state index in [1.54, 1.807) is 0 Å². The Balaban J connectivity index is 2.52. The van der Waals surface area contributed by atoms with E-state index >= 15 is 0 Å². The first-order valence-corrected chi connectivity index (χ1v) is 6.95. The molecule has 16 heavy (non-hydrogen) atoms. The predicted octanol–water partition coefficient (Wildman–Crippen LogP) is 2.87. The Morgan fingerprint density at radius 2 is 2.12 bits per heavy atom. The van der Waals surface area contributed by atoms with Gasteiger partial charge in [-0.3, -0.25) is 4.90 Å². The number of likely N-dealkylation sites (N-methyl/N-ethyl adjacent to an activating group) is 1. The molecule has 1 saturated carbocycles. The fraction of sp³-hybridized carbons (Fsp3) is 1.00. The summed E-state index contributed by atoms with van der Waals surface area (Å²) in [6.45, 7) is 8.94. The van der Waals surface area contributed by atoms with Gasteiger partial charge in [0.15, 0.2) is 0 Å². The van der Waals surface area contributed by atoms with Crippen LogP contribution in [0, 0.1) is 11.8 Å². The standard InChI is InChI=1S/C14H30N2/c1-5-13-6-8-14(10-13,11-15)16(4)9-7-12(2)3/h12-13H,5-11,15H2,1-4H3. The lowest BCUT2D eigenvalue weighted by Gasteiger charge is -2.38. The molecule has 0 aromatic carbocycles. The molecule has 0 aromatic rings. The van der Waals surface area contributed by atoms with E-state index in [0.717, 1.165) is 18.4 Å². The van der Waals surface area contributed by atoms with Crippen molar-refractivity contribution in [1.82, 2.24) is 4.90 Å². The summed E-state index contributed by atoms with van der Waals surface area (Å²) in [5.74, 6) is 1.70. The molecule has 1 rings (SSSR count). The normalized spacial score (nSPS) is 30.6.